The van der Waals surface area contributed by atoms with Gasteiger partial charge in [0.15, 0.2) is 5.76 Å². The van der Waals surface area contributed by atoms with Crippen molar-refractivity contribution in [2.24, 2.45) is 11.3 Å². The van der Waals surface area contributed by atoms with Crippen LogP contribution in [0.1, 0.15) is 31.7 Å². The van der Waals surface area contributed by atoms with Crippen LogP contribution in [0.25, 0.3) is 0 Å². The fourth-order valence-corrected chi connectivity index (χ4v) is 3.07. The molecule has 22 heavy (non-hydrogen) atoms. The molecule has 1 fully saturated rings. The number of carbonyl (C=O) groups is 1. The molecule has 2 rings (SSSR count). The summed E-state index contributed by atoms with van der Waals surface area (Å²) in [4.78, 5) is 13.7. The van der Waals surface area contributed by atoms with E-state index < -0.39 is 0 Å². The molecule has 0 spiro atoms. The zero-order chi connectivity index (χ0) is 16.3. The van der Waals surface area contributed by atoms with Crippen molar-refractivity contribution in [2.45, 2.75) is 39.3 Å². The van der Waals surface area contributed by atoms with Crippen LogP contribution < -0.4 is 5.32 Å². The zero-order valence-electron chi connectivity index (χ0n) is 14.2. The Bertz CT molecular complexity index is 510. The Balaban J connectivity index is 1.87. The minimum absolute atomic E-state index is 0.0475. The second kappa shape index (κ2) is 6.79. The Kier molecular flexibility index (Phi) is 5.24. The van der Waals surface area contributed by atoms with Crippen molar-refractivity contribution < 1.29 is 14.1 Å². The van der Waals surface area contributed by atoms with Crippen molar-refractivity contribution in [2.75, 3.05) is 27.8 Å². The number of aromatic nitrogens is 1. The first-order valence-corrected chi connectivity index (χ1v) is 7.70. The predicted molar refractivity (Wildman–Crippen MR) is 83.3 cm³/mol. The van der Waals surface area contributed by atoms with Crippen molar-refractivity contribution in [3.63, 3.8) is 0 Å². The van der Waals surface area contributed by atoms with Gasteiger partial charge in [0.2, 0.25) is 5.91 Å². The molecule has 1 heterocycles. The quantitative estimate of drug-likeness (QED) is 0.826. The molecule has 1 saturated carbocycles. The van der Waals surface area contributed by atoms with E-state index in [0.717, 1.165) is 30.8 Å². The van der Waals surface area contributed by atoms with Gasteiger partial charge in [-0.2, -0.15) is 0 Å². The van der Waals surface area contributed by atoms with E-state index in [4.69, 9.17) is 9.26 Å². The number of nitrogens with zero attached hydrogens (tertiary/aromatic N) is 2. The second-order valence-electron chi connectivity index (χ2n) is 7.03. The summed E-state index contributed by atoms with van der Waals surface area (Å²) in [5.74, 6) is 1.34. The molecule has 1 amide bonds. The van der Waals surface area contributed by atoms with Crippen LogP contribution in [0.3, 0.4) is 0 Å². The molecule has 0 aromatic carbocycles. The lowest BCUT2D eigenvalue weighted by atomic mass is 9.57. The Morgan fingerprint density at radius 2 is 2.27 bits per heavy atom. The average molecular weight is 309 g/mol. The van der Waals surface area contributed by atoms with E-state index in [-0.39, 0.29) is 24.0 Å². The van der Waals surface area contributed by atoms with Gasteiger partial charge in [-0.3, -0.25) is 4.79 Å². The highest BCUT2D eigenvalue weighted by atomic mass is 16.5. The smallest absolute Gasteiger partial charge is 0.246 e. The number of nitrogens with one attached hydrogen (secondary N) is 1. The number of carbonyl (C=O) groups excluding carboxylic acids is 1. The number of hydrogen-bond donors (Lipinski definition) is 1. The number of rotatable bonds is 7. The maximum atomic E-state index is 11.6. The lowest BCUT2D eigenvalue weighted by Gasteiger charge is -2.52. The molecule has 2 unspecified atom stereocenters. The Hall–Kier alpha value is -1.40. The van der Waals surface area contributed by atoms with Crippen LogP contribution in [-0.4, -0.2) is 49.8 Å². The minimum atomic E-state index is -0.0475. The van der Waals surface area contributed by atoms with Crippen LogP contribution >= 0.6 is 0 Å². The van der Waals surface area contributed by atoms with Crippen LogP contribution in [0, 0.1) is 11.3 Å². The van der Waals surface area contributed by atoms with Crippen LogP contribution in [0.15, 0.2) is 10.6 Å². The standard InChI is InChI=1S/C16H27N3O3/c1-16(2)11(7-14(16)17-15(20)10-21-5)6-12-8-13(22-18-12)9-19(3)4/h8,11,14H,6-7,9-10H2,1-5H3,(H,17,20). The highest BCUT2D eigenvalue weighted by Gasteiger charge is 2.48. The zero-order valence-corrected chi connectivity index (χ0v) is 14.2. The number of methoxy groups -OCH3 is 1. The molecular weight excluding hydrogens is 282 g/mol. The minimum Gasteiger partial charge on any atom is -0.375 e. The molecule has 1 N–H and O–H groups in total. The maximum absolute atomic E-state index is 11.6. The third-order valence-corrected chi connectivity index (χ3v) is 4.62. The van der Waals surface area contributed by atoms with Crippen molar-refractivity contribution in [1.29, 1.82) is 0 Å². The van der Waals surface area contributed by atoms with Gasteiger partial charge in [0.1, 0.15) is 6.61 Å². The molecule has 6 nitrogen and oxygen atoms in total. The molecular formula is C16H27N3O3. The van der Waals surface area contributed by atoms with Crippen molar-refractivity contribution >= 4 is 5.91 Å². The van der Waals surface area contributed by atoms with Gasteiger partial charge in [-0.15, -0.1) is 0 Å². The summed E-state index contributed by atoms with van der Waals surface area (Å²) in [6.45, 7) is 5.27. The molecule has 1 aromatic rings. The molecule has 0 bridgehead atoms. The van der Waals surface area contributed by atoms with E-state index in [2.05, 4.69) is 29.2 Å². The first-order chi connectivity index (χ1) is 10.3. The summed E-state index contributed by atoms with van der Waals surface area (Å²) >= 11 is 0. The molecule has 0 aliphatic heterocycles. The monoisotopic (exact) mass is 309 g/mol. The molecule has 6 heteroatoms. The summed E-state index contributed by atoms with van der Waals surface area (Å²) in [7, 11) is 5.54. The summed E-state index contributed by atoms with van der Waals surface area (Å²) in [5, 5.41) is 7.20. The maximum Gasteiger partial charge on any atom is 0.246 e. The third kappa shape index (κ3) is 3.87. The first-order valence-electron chi connectivity index (χ1n) is 7.70. The predicted octanol–water partition coefficient (Wildman–Crippen LogP) is 1.46. The summed E-state index contributed by atoms with van der Waals surface area (Å²) in [6.07, 6.45) is 1.86. The average Bonchev–Trinajstić information content (AvgIpc) is 2.84. The normalized spacial score (nSPS) is 23.4. The number of hydrogen-bond acceptors (Lipinski definition) is 5. The first kappa shape index (κ1) is 17.0. The van der Waals surface area contributed by atoms with Gasteiger partial charge in [-0.25, -0.2) is 0 Å². The van der Waals surface area contributed by atoms with Gasteiger partial charge in [0.05, 0.1) is 12.2 Å². The molecule has 124 valence electrons. The Morgan fingerprint density at radius 1 is 1.55 bits per heavy atom. The molecule has 0 radical (unpaired) electrons. The number of amides is 1. The summed E-state index contributed by atoms with van der Waals surface area (Å²) in [6, 6.07) is 2.24. The SMILES string of the molecule is COCC(=O)NC1CC(Cc2cc(CN(C)C)on2)C1(C)C. The van der Waals surface area contributed by atoms with E-state index in [1.165, 1.54) is 7.11 Å². The fraction of sp³-hybridized carbons (Fsp3) is 0.750. The molecule has 1 aliphatic rings. The van der Waals surface area contributed by atoms with Crippen LogP contribution in [-0.2, 0) is 22.5 Å². The number of ether oxygens (including phenoxy) is 1. The topological polar surface area (TPSA) is 67.6 Å². The van der Waals surface area contributed by atoms with E-state index in [1.807, 2.05) is 20.2 Å². The summed E-state index contributed by atoms with van der Waals surface area (Å²) < 4.78 is 10.2. The van der Waals surface area contributed by atoms with E-state index in [9.17, 15) is 4.79 Å². The highest BCUT2D eigenvalue weighted by Crippen LogP contribution is 2.47. The largest absolute Gasteiger partial charge is 0.375 e. The van der Waals surface area contributed by atoms with Gasteiger partial charge in [-0.05, 0) is 38.3 Å². The van der Waals surface area contributed by atoms with Gasteiger partial charge < -0.3 is 19.5 Å². The lowest BCUT2D eigenvalue weighted by Crippen LogP contribution is -2.59. The van der Waals surface area contributed by atoms with Crippen LogP contribution in [0.2, 0.25) is 0 Å². The highest BCUT2D eigenvalue weighted by molar-refractivity contribution is 5.77. The van der Waals surface area contributed by atoms with E-state index in [1.54, 1.807) is 0 Å². The molecule has 1 aromatic heterocycles. The Labute approximate surface area is 132 Å². The third-order valence-electron chi connectivity index (χ3n) is 4.62. The van der Waals surface area contributed by atoms with Gasteiger partial charge >= 0.3 is 0 Å². The van der Waals surface area contributed by atoms with Crippen LogP contribution in [0.4, 0.5) is 0 Å². The second-order valence-corrected chi connectivity index (χ2v) is 7.03. The van der Waals surface area contributed by atoms with E-state index >= 15 is 0 Å². The summed E-state index contributed by atoms with van der Waals surface area (Å²) in [5.41, 5.74) is 1.06. The Morgan fingerprint density at radius 3 is 2.86 bits per heavy atom. The van der Waals surface area contributed by atoms with Crippen molar-refractivity contribution in [3.05, 3.63) is 17.5 Å². The van der Waals surface area contributed by atoms with Crippen molar-refractivity contribution in [1.82, 2.24) is 15.4 Å². The molecule has 2 atom stereocenters. The van der Waals surface area contributed by atoms with Gasteiger partial charge in [0, 0.05) is 19.2 Å². The lowest BCUT2D eigenvalue weighted by molar-refractivity contribution is -0.129. The van der Waals surface area contributed by atoms with E-state index in [0.29, 0.717) is 5.92 Å². The van der Waals surface area contributed by atoms with Gasteiger partial charge in [-0.1, -0.05) is 19.0 Å². The van der Waals surface area contributed by atoms with Crippen molar-refractivity contribution in [3.8, 4) is 0 Å². The van der Waals surface area contributed by atoms with Gasteiger partial charge in [0.25, 0.3) is 0 Å². The molecule has 0 saturated heterocycles. The van der Waals surface area contributed by atoms with Crippen LogP contribution in [0.5, 0.6) is 0 Å². The fourth-order valence-electron chi connectivity index (χ4n) is 3.07. The molecule has 1 aliphatic carbocycles.